The van der Waals surface area contributed by atoms with Crippen molar-refractivity contribution in [1.29, 1.82) is 0 Å². The molecule has 2 aliphatic rings. The van der Waals surface area contributed by atoms with Crippen molar-refractivity contribution in [3.8, 4) is 0 Å². The molecule has 1 saturated heterocycles. The summed E-state index contributed by atoms with van der Waals surface area (Å²) >= 11 is 1.53. The molecule has 17 heavy (non-hydrogen) atoms. The largest absolute Gasteiger partial charge is 0.350 e. The van der Waals surface area contributed by atoms with Crippen LogP contribution in [0.3, 0.4) is 0 Å². The molecule has 1 aromatic rings. The number of anilines is 1. The first-order valence-electron chi connectivity index (χ1n) is 5.74. The number of thioether (sulfide) groups is 1. The Balaban J connectivity index is 2.07. The van der Waals surface area contributed by atoms with Gasteiger partial charge in [0.25, 0.3) is 0 Å². The molecule has 1 atom stereocenters. The molecule has 3 heterocycles. The second kappa shape index (κ2) is 4.18. The van der Waals surface area contributed by atoms with Crippen LogP contribution < -0.4 is 10.2 Å². The molecular formula is C11H14N4OS. The summed E-state index contributed by atoms with van der Waals surface area (Å²) in [4.78, 5) is 22.9. The molecule has 0 aliphatic carbocycles. The average Bonchev–Trinajstić information content (AvgIpc) is 2.80. The fourth-order valence-corrected chi connectivity index (χ4v) is 2.78. The first-order valence-corrected chi connectivity index (χ1v) is 6.96. The van der Waals surface area contributed by atoms with Crippen molar-refractivity contribution < 1.29 is 4.79 Å². The maximum absolute atomic E-state index is 11.9. The van der Waals surface area contributed by atoms with Crippen LogP contribution in [-0.2, 0) is 11.3 Å². The minimum atomic E-state index is -0.0409. The maximum Gasteiger partial charge on any atom is 0.243 e. The van der Waals surface area contributed by atoms with Gasteiger partial charge in [0, 0.05) is 24.8 Å². The number of rotatable bonds is 1. The molecule has 3 rings (SSSR count). The zero-order valence-corrected chi connectivity index (χ0v) is 10.5. The first kappa shape index (κ1) is 10.8. The van der Waals surface area contributed by atoms with E-state index >= 15 is 0 Å². The summed E-state index contributed by atoms with van der Waals surface area (Å²) in [5.74, 6) is 1.05. The second-order valence-electron chi connectivity index (χ2n) is 4.27. The number of nitrogens with one attached hydrogen (secondary N) is 1. The number of carbonyl (C=O) groups excluding carboxylic acids is 1. The summed E-state index contributed by atoms with van der Waals surface area (Å²) in [7, 11) is 0. The minimum absolute atomic E-state index is 0.0409. The third kappa shape index (κ3) is 1.76. The molecule has 1 fully saturated rings. The molecule has 0 radical (unpaired) electrons. The smallest absolute Gasteiger partial charge is 0.243 e. The molecule has 6 heteroatoms. The summed E-state index contributed by atoms with van der Waals surface area (Å²) in [6, 6.07) is -0.0409. The Bertz CT molecular complexity index is 465. The third-order valence-corrected chi connectivity index (χ3v) is 3.84. The SMILES string of the molecule is CSc1ncc2c(n1)N1CCCC1C(=O)NC2. The van der Waals surface area contributed by atoms with Gasteiger partial charge in [0.15, 0.2) is 5.16 Å². The Morgan fingerprint density at radius 1 is 1.59 bits per heavy atom. The maximum atomic E-state index is 11.9. The number of amides is 1. The van der Waals surface area contributed by atoms with Crippen LogP contribution >= 0.6 is 11.8 Å². The summed E-state index contributed by atoms with van der Waals surface area (Å²) in [6.07, 6.45) is 5.76. The molecule has 0 aromatic carbocycles. The molecule has 1 aromatic heterocycles. The van der Waals surface area contributed by atoms with E-state index in [9.17, 15) is 4.79 Å². The lowest BCUT2D eigenvalue weighted by Crippen LogP contribution is -2.40. The Morgan fingerprint density at radius 3 is 3.29 bits per heavy atom. The zero-order valence-electron chi connectivity index (χ0n) is 9.64. The van der Waals surface area contributed by atoms with Crippen LogP contribution in [0, 0.1) is 0 Å². The Labute approximate surface area is 104 Å². The lowest BCUT2D eigenvalue weighted by Gasteiger charge is -2.22. The molecule has 1 unspecified atom stereocenters. The van der Waals surface area contributed by atoms with Crippen LogP contribution in [-0.4, -0.2) is 34.7 Å². The monoisotopic (exact) mass is 250 g/mol. The van der Waals surface area contributed by atoms with Crippen molar-refractivity contribution in [1.82, 2.24) is 15.3 Å². The van der Waals surface area contributed by atoms with E-state index in [1.807, 2.05) is 12.5 Å². The molecule has 1 amide bonds. The van der Waals surface area contributed by atoms with E-state index in [1.54, 1.807) is 0 Å². The van der Waals surface area contributed by atoms with Gasteiger partial charge < -0.3 is 10.2 Å². The number of aromatic nitrogens is 2. The van der Waals surface area contributed by atoms with Crippen LogP contribution in [0.15, 0.2) is 11.4 Å². The Kier molecular flexibility index (Phi) is 2.66. The number of fused-ring (bicyclic) bond motifs is 3. The predicted octanol–water partition coefficient (Wildman–Crippen LogP) is 0.797. The van der Waals surface area contributed by atoms with Crippen molar-refractivity contribution in [2.24, 2.45) is 0 Å². The van der Waals surface area contributed by atoms with Gasteiger partial charge in [-0.25, -0.2) is 9.97 Å². The molecule has 90 valence electrons. The van der Waals surface area contributed by atoms with E-state index in [2.05, 4.69) is 20.2 Å². The summed E-state index contributed by atoms with van der Waals surface area (Å²) in [5.41, 5.74) is 1.01. The quantitative estimate of drug-likeness (QED) is 0.590. The molecule has 0 spiro atoms. The molecule has 0 bridgehead atoms. The van der Waals surface area contributed by atoms with E-state index in [1.165, 1.54) is 11.8 Å². The van der Waals surface area contributed by atoms with Gasteiger partial charge in [0.2, 0.25) is 5.91 Å². The molecular weight excluding hydrogens is 236 g/mol. The fourth-order valence-electron chi connectivity index (χ4n) is 2.45. The topological polar surface area (TPSA) is 58.1 Å². The number of hydrogen-bond donors (Lipinski definition) is 1. The standard InChI is InChI=1S/C11H14N4OS/c1-17-11-13-6-7-5-12-10(16)8-3-2-4-15(8)9(7)14-11/h6,8H,2-5H2,1H3,(H,12,16). The van der Waals surface area contributed by atoms with Crippen molar-refractivity contribution >= 4 is 23.5 Å². The highest BCUT2D eigenvalue weighted by atomic mass is 32.2. The van der Waals surface area contributed by atoms with Gasteiger partial charge in [-0.05, 0) is 19.1 Å². The molecule has 5 nitrogen and oxygen atoms in total. The summed E-state index contributed by atoms with van der Waals surface area (Å²) in [6.45, 7) is 1.45. The number of hydrogen-bond acceptors (Lipinski definition) is 5. The van der Waals surface area contributed by atoms with Gasteiger partial charge >= 0.3 is 0 Å². The summed E-state index contributed by atoms with van der Waals surface area (Å²) in [5, 5.41) is 3.71. The minimum Gasteiger partial charge on any atom is -0.350 e. The lowest BCUT2D eigenvalue weighted by molar-refractivity contribution is -0.122. The number of carbonyl (C=O) groups is 1. The van der Waals surface area contributed by atoms with E-state index in [0.29, 0.717) is 6.54 Å². The Hall–Kier alpha value is -1.30. The second-order valence-corrected chi connectivity index (χ2v) is 5.05. The van der Waals surface area contributed by atoms with Crippen LogP contribution in [0.5, 0.6) is 0 Å². The number of nitrogens with zero attached hydrogens (tertiary/aromatic N) is 3. The van der Waals surface area contributed by atoms with Gasteiger partial charge in [-0.1, -0.05) is 11.8 Å². The van der Waals surface area contributed by atoms with Crippen molar-refractivity contribution in [2.75, 3.05) is 17.7 Å². The van der Waals surface area contributed by atoms with Crippen LogP contribution in [0.4, 0.5) is 5.82 Å². The van der Waals surface area contributed by atoms with Crippen molar-refractivity contribution in [2.45, 2.75) is 30.6 Å². The predicted molar refractivity (Wildman–Crippen MR) is 66.0 cm³/mol. The highest BCUT2D eigenvalue weighted by Gasteiger charge is 2.35. The molecule has 2 aliphatic heterocycles. The fraction of sp³-hybridized carbons (Fsp3) is 0.545. The summed E-state index contributed by atoms with van der Waals surface area (Å²) < 4.78 is 0. The highest BCUT2D eigenvalue weighted by molar-refractivity contribution is 7.98. The van der Waals surface area contributed by atoms with Crippen molar-refractivity contribution in [3.05, 3.63) is 11.8 Å². The lowest BCUT2D eigenvalue weighted by atomic mass is 10.2. The Morgan fingerprint density at radius 2 is 2.47 bits per heavy atom. The molecule has 1 N–H and O–H groups in total. The van der Waals surface area contributed by atoms with Gasteiger partial charge in [-0.3, -0.25) is 4.79 Å². The van der Waals surface area contributed by atoms with Crippen molar-refractivity contribution in [3.63, 3.8) is 0 Å². The molecule has 0 saturated carbocycles. The van der Waals surface area contributed by atoms with E-state index in [4.69, 9.17) is 0 Å². The van der Waals surface area contributed by atoms with Crippen LogP contribution in [0.25, 0.3) is 0 Å². The average molecular weight is 250 g/mol. The third-order valence-electron chi connectivity index (χ3n) is 3.28. The van der Waals surface area contributed by atoms with Gasteiger partial charge in [-0.15, -0.1) is 0 Å². The van der Waals surface area contributed by atoms with Crippen LogP contribution in [0.1, 0.15) is 18.4 Å². The van der Waals surface area contributed by atoms with Gasteiger partial charge in [0.05, 0.1) is 0 Å². The first-order chi connectivity index (χ1) is 8.29. The zero-order chi connectivity index (χ0) is 11.8. The van der Waals surface area contributed by atoms with Crippen LogP contribution in [0.2, 0.25) is 0 Å². The normalized spacial score (nSPS) is 22.8. The van der Waals surface area contributed by atoms with Gasteiger partial charge in [0.1, 0.15) is 11.9 Å². The van der Waals surface area contributed by atoms with E-state index in [0.717, 1.165) is 35.9 Å². The van der Waals surface area contributed by atoms with Gasteiger partial charge in [-0.2, -0.15) is 0 Å². The highest BCUT2D eigenvalue weighted by Crippen LogP contribution is 2.30. The van der Waals surface area contributed by atoms with E-state index in [-0.39, 0.29) is 11.9 Å². The van der Waals surface area contributed by atoms with E-state index < -0.39 is 0 Å².